The topological polar surface area (TPSA) is 63.6 Å². The fraction of sp³-hybridized carbons (Fsp3) is 0.333. The Balaban J connectivity index is -0.000000163. The Morgan fingerprint density at radius 1 is 1.14 bits per heavy atom. The quantitative estimate of drug-likeness (QED) is 0.414. The SMILES string of the molecule is C=C(C)C(=O)O.C=C(C)C(=O)OC.[NaH]. The molecule has 0 spiro atoms. The maximum atomic E-state index is 10.2. The zero-order valence-electron chi connectivity index (χ0n) is 8.09. The third kappa shape index (κ3) is 14.0. The van der Waals surface area contributed by atoms with E-state index in [1.165, 1.54) is 14.0 Å². The van der Waals surface area contributed by atoms with Gasteiger partial charge in [0, 0.05) is 11.1 Å². The summed E-state index contributed by atoms with van der Waals surface area (Å²) >= 11 is 0. The van der Waals surface area contributed by atoms with Crippen LogP contribution in [0.2, 0.25) is 0 Å². The third-order valence-corrected chi connectivity index (χ3v) is 0.899. The van der Waals surface area contributed by atoms with Gasteiger partial charge >= 0.3 is 41.5 Å². The van der Waals surface area contributed by atoms with Crippen LogP contribution in [0.4, 0.5) is 0 Å². The van der Waals surface area contributed by atoms with E-state index in [0.717, 1.165) is 0 Å². The predicted molar refractivity (Wildman–Crippen MR) is 56.4 cm³/mol. The van der Waals surface area contributed by atoms with E-state index in [9.17, 15) is 9.59 Å². The van der Waals surface area contributed by atoms with Gasteiger partial charge in [-0.1, -0.05) is 13.2 Å². The number of rotatable bonds is 2. The van der Waals surface area contributed by atoms with Crippen molar-refractivity contribution in [3.63, 3.8) is 0 Å². The summed E-state index contributed by atoms with van der Waals surface area (Å²) in [6.45, 7) is 9.56. The summed E-state index contributed by atoms with van der Waals surface area (Å²) in [7, 11) is 1.33. The van der Waals surface area contributed by atoms with Gasteiger partial charge in [-0.05, 0) is 13.8 Å². The van der Waals surface area contributed by atoms with E-state index in [-0.39, 0.29) is 41.1 Å². The van der Waals surface area contributed by atoms with Crippen LogP contribution in [0, 0.1) is 0 Å². The summed E-state index contributed by atoms with van der Waals surface area (Å²) < 4.78 is 4.27. The number of carbonyl (C=O) groups is 2. The molecule has 4 nitrogen and oxygen atoms in total. The van der Waals surface area contributed by atoms with E-state index in [1.807, 2.05) is 0 Å². The zero-order valence-corrected chi connectivity index (χ0v) is 8.09. The monoisotopic (exact) mass is 210 g/mol. The molecular weight excluding hydrogens is 195 g/mol. The number of hydrogen-bond donors (Lipinski definition) is 1. The third-order valence-electron chi connectivity index (χ3n) is 0.899. The molecule has 0 rings (SSSR count). The fourth-order valence-electron chi connectivity index (χ4n) is 0.174. The Hall–Kier alpha value is -0.580. The van der Waals surface area contributed by atoms with Gasteiger partial charge in [-0.2, -0.15) is 0 Å². The van der Waals surface area contributed by atoms with Gasteiger partial charge in [-0.15, -0.1) is 0 Å². The molecule has 0 aliphatic carbocycles. The number of aliphatic carboxylic acids is 1. The second-order valence-corrected chi connectivity index (χ2v) is 2.36. The van der Waals surface area contributed by atoms with Crippen molar-refractivity contribution >= 4 is 41.5 Å². The Morgan fingerprint density at radius 3 is 1.43 bits per heavy atom. The van der Waals surface area contributed by atoms with Gasteiger partial charge in [0.05, 0.1) is 7.11 Å². The number of methoxy groups -OCH3 is 1. The molecule has 0 saturated heterocycles. The van der Waals surface area contributed by atoms with Crippen molar-refractivity contribution in [1.82, 2.24) is 0 Å². The summed E-state index contributed by atoms with van der Waals surface area (Å²) in [6, 6.07) is 0. The first-order valence-corrected chi connectivity index (χ1v) is 3.45. The van der Waals surface area contributed by atoms with Crippen LogP contribution in [0.5, 0.6) is 0 Å². The molecule has 0 aliphatic rings. The predicted octanol–water partition coefficient (Wildman–Crippen LogP) is 0.734. The number of carboxylic acids is 1. The van der Waals surface area contributed by atoms with Gasteiger partial charge < -0.3 is 9.84 Å². The van der Waals surface area contributed by atoms with Crippen LogP contribution in [-0.2, 0) is 14.3 Å². The minimum absolute atomic E-state index is 0. The number of carbonyl (C=O) groups excluding carboxylic acids is 1. The van der Waals surface area contributed by atoms with Crippen LogP contribution in [0.25, 0.3) is 0 Å². The maximum absolute atomic E-state index is 10.2. The first-order chi connectivity index (χ1) is 5.82. The summed E-state index contributed by atoms with van der Waals surface area (Å²) in [4.78, 5) is 19.8. The summed E-state index contributed by atoms with van der Waals surface area (Å²) in [5, 5.41) is 7.89. The van der Waals surface area contributed by atoms with Crippen molar-refractivity contribution < 1.29 is 19.4 Å². The van der Waals surface area contributed by atoms with E-state index >= 15 is 0 Å². The Bertz CT molecular complexity index is 221. The Labute approximate surface area is 106 Å². The molecule has 14 heavy (non-hydrogen) atoms. The van der Waals surface area contributed by atoms with Crippen molar-refractivity contribution in [2.45, 2.75) is 13.8 Å². The summed E-state index contributed by atoms with van der Waals surface area (Å²) in [5.74, 6) is -1.28. The molecule has 0 aromatic heterocycles. The second kappa shape index (κ2) is 10.5. The Kier molecular flexibility index (Phi) is 14.3. The zero-order chi connectivity index (χ0) is 11.0. The minimum atomic E-state index is -0.935. The molecule has 1 N–H and O–H groups in total. The van der Waals surface area contributed by atoms with Gasteiger partial charge in [-0.25, -0.2) is 9.59 Å². The first kappa shape index (κ1) is 19.1. The normalized spacial score (nSPS) is 7.07. The van der Waals surface area contributed by atoms with Gasteiger partial charge in [-0.3, -0.25) is 0 Å². The summed E-state index contributed by atoms with van der Waals surface area (Å²) in [6.07, 6.45) is 0. The molecule has 0 bridgehead atoms. The standard InChI is InChI=1S/C5H8O2.C4H6O2.Na.H/c1-4(2)5(6)7-3;1-3(2)4(5)6;;/h1H2,2-3H3;1H2,2H3,(H,5,6);;. The molecule has 0 radical (unpaired) electrons. The van der Waals surface area contributed by atoms with Gasteiger partial charge in [0.25, 0.3) is 0 Å². The molecule has 0 aromatic carbocycles. The van der Waals surface area contributed by atoms with Crippen LogP contribution < -0.4 is 0 Å². The molecule has 0 fully saturated rings. The average Bonchev–Trinajstić information content (AvgIpc) is 2.03. The van der Waals surface area contributed by atoms with Gasteiger partial charge in [0.15, 0.2) is 0 Å². The number of esters is 1. The number of carboxylic acid groups (broad SMARTS) is 1. The molecule has 0 unspecified atom stereocenters. The van der Waals surface area contributed by atoms with Crippen molar-refractivity contribution in [2.24, 2.45) is 0 Å². The van der Waals surface area contributed by atoms with Crippen molar-refractivity contribution in [3.05, 3.63) is 24.3 Å². The molecular formula is C9H15NaO4. The average molecular weight is 210 g/mol. The van der Waals surface area contributed by atoms with Crippen LogP contribution in [-0.4, -0.2) is 53.7 Å². The summed E-state index contributed by atoms with van der Waals surface area (Å²) in [5.41, 5.74) is 0.609. The van der Waals surface area contributed by atoms with Crippen molar-refractivity contribution in [2.75, 3.05) is 7.11 Å². The van der Waals surface area contributed by atoms with Gasteiger partial charge in [0.2, 0.25) is 0 Å². The Morgan fingerprint density at radius 2 is 1.43 bits per heavy atom. The van der Waals surface area contributed by atoms with Crippen LogP contribution >= 0.6 is 0 Å². The fourth-order valence-corrected chi connectivity index (χ4v) is 0.174. The molecule has 0 heterocycles. The molecule has 5 heteroatoms. The number of ether oxygens (including phenoxy) is 1. The van der Waals surface area contributed by atoms with E-state index in [2.05, 4.69) is 17.9 Å². The molecule has 0 amide bonds. The number of hydrogen-bond acceptors (Lipinski definition) is 3. The van der Waals surface area contributed by atoms with E-state index in [0.29, 0.717) is 5.57 Å². The van der Waals surface area contributed by atoms with Crippen molar-refractivity contribution in [3.8, 4) is 0 Å². The molecule has 76 valence electrons. The molecule has 0 aromatic rings. The van der Waals surface area contributed by atoms with Gasteiger partial charge in [0.1, 0.15) is 0 Å². The second-order valence-electron chi connectivity index (χ2n) is 2.36. The van der Waals surface area contributed by atoms with E-state index in [1.54, 1.807) is 6.92 Å². The first-order valence-electron chi connectivity index (χ1n) is 3.45. The molecule has 0 aliphatic heterocycles. The van der Waals surface area contributed by atoms with Crippen molar-refractivity contribution in [1.29, 1.82) is 0 Å². The van der Waals surface area contributed by atoms with E-state index in [4.69, 9.17) is 5.11 Å². The van der Waals surface area contributed by atoms with Crippen LogP contribution in [0.15, 0.2) is 24.3 Å². The molecule has 0 atom stereocenters. The molecule has 0 saturated carbocycles. The van der Waals surface area contributed by atoms with Crippen LogP contribution in [0.3, 0.4) is 0 Å². The van der Waals surface area contributed by atoms with Crippen LogP contribution in [0.1, 0.15) is 13.8 Å². The van der Waals surface area contributed by atoms with E-state index < -0.39 is 5.97 Å².